The summed E-state index contributed by atoms with van der Waals surface area (Å²) in [5.41, 5.74) is 0. The maximum absolute atomic E-state index is 14.1. The number of rotatable bonds is 26. The number of hydrogen-bond donors (Lipinski definition) is 4. The second kappa shape index (κ2) is 24.0. The highest BCUT2D eigenvalue weighted by Gasteiger charge is 2.40. The summed E-state index contributed by atoms with van der Waals surface area (Å²) in [6.07, 6.45) is 23.4. The molecule has 2 unspecified atom stereocenters. The zero-order valence-corrected chi connectivity index (χ0v) is 24.0. The van der Waals surface area contributed by atoms with Crippen LogP contribution in [0.15, 0.2) is 23.8 Å². The van der Waals surface area contributed by atoms with E-state index in [1.54, 1.807) is 0 Å². The third-order valence-corrected chi connectivity index (χ3v) is 7.23. The lowest BCUT2D eigenvalue weighted by molar-refractivity contribution is -0.120. The van der Waals surface area contributed by atoms with Crippen molar-refractivity contribution < 1.29 is 28.6 Å². The molecule has 0 aromatic rings. The highest BCUT2D eigenvalue weighted by atomic mass is 19.1. The number of aliphatic hydroxyl groups is 2. The number of allylic oxidation sites excluding steroid dienone is 2. The Bertz CT molecular complexity index is 657. The number of carbonyl (C=O) groups excluding carboxylic acids is 2. The van der Waals surface area contributed by atoms with Crippen molar-refractivity contribution in [2.24, 2.45) is 0 Å². The normalized spacial score (nSPS) is 17.3. The number of carbonyl (C=O) groups is 2. The first-order chi connectivity index (χ1) is 19.0. The zero-order chi connectivity index (χ0) is 28.6. The molecular formula is C31H54F2N2O4. The highest BCUT2D eigenvalue weighted by Crippen LogP contribution is 2.23. The maximum Gasteiger partial charge on any atom is 0.279 e. The standard InChI is InChI=1S/C31H54F2N2O4/c32-26(21-17-13-9-5-1-3-7-11-15-19-23-36)30(38)34-28-25-29(28)35-31(39)27(33)22-18-14-10-6-2-4-8-12-16-20-24-37/h21-22,28-29,36-37H,1-20,23-25H2,(H,34,38)(H,35,39). The Labute approximate surface area is 235 Å². The largest absolute Gasteiger partial charge is 0.396 e. The van der Waals surface area contributed by atoms with E-state index in [2.05, 4.69) is 10.6 Å². The first kappa shape index (κ1) is 35.2. The second-order valence-corrected chi connectivity index (χ2v) is 10.9. The van der Waals surface area contributed by atoms with Crippen LogP contribution in [0.2, 0.25) is 0 Å². The molecule has 0 aliphatic heterocycles. The Kier molecular flexibility index (Phi) is 21.7. The minimum atomic E-state index is -0.802. The second-order valence-electron chi connectivity index (χ2n) is 10.9. The van der Waals surface area contributed by atoms with Gasteiger partial charge in [0.2, 0.25) is 0 Å². The molecule has 4 N–H and O–H groups in total. The van der Waals surface area contributed by atoms with Crippen LogP contribution in [0.4, 0.5) is 8.78 Å². The van der Waals surface area contributed by atoms with Gasteiger partial charge in [-0.2, -0.15) is 0 Å². The molecule has 0 aromatic carbocycles. The molecule has 0 aromatic heterocycles. The van der Waals surface area contributed by atoms with Gasteiger partial charge in [-0.25, -0.2) is 8.78 Å². The molecule has 1 saturated carbocycles. The lowest BCUT2D eigenvalue weighted by Crippen LogP contribution is -2.35. The van der Waals surface area contributed by atoms with E-state index in [1.807, 2.05) is 0 Å². The number of aliphatic hydroxyl groups excluding tert-OH is 2. The van der Waals surface area contributed by atoms with Gasteiger partial charge in [-0.05, 0) is 57.1 Å². The summed E-state index contributed by atoms with van der Waals surface area (Å²) in [7, 11) is 0. The van der Waals surface area contributed by atoms with E-state index in [9.17, 15) is 18.4 Å². The molecule has 1 aliphatic rings. The van der Waals surface area contributed by atoms with E-state index in [0.29, 0.717) is 19.3 Å². The molecule has 39 heavy (non-hydrogen) atoms. The molecule has 0 radical (unpaired) electrons. The molecule has 1 aliphatic carbocycles. The summed E-state index contributed by atoms with van der Waals surface area (Å²) in [5.74, 6) is -3.16. The van der Waals surface area contributed by atoms with Crippen LogP contribution in [0.25, 0.3) is 0 Å². The Morgan fingerprint density at radius 2 is 0.821 bits per heavy atom. The molecule has 8 heteroatoms. The van der Waals surface area contributed by atoms with Crippen molar-refractivity contribution in [1.82, 2.24) is 10.6 Å². The van der Waals surface area contributed by atoms with Gasteiger partial charge in [0.05, 0.1) is 12.1 Å². The summed E-state index contributed by atoms with van der Waals surface area (Å²) in [5, 5.41) is 22.6. The van der Waals surface area contributed by atoms with Gasteiger partial charge in [-0.1, -0.05) is 89.9 Å². The van der Waals surface area contributed by atoms with Crippen molar-refractivity contribution in [2.45, 2.75) is 147 Å². The Morgan fingerprint density at radius 3 is 1.13 bits per heavy atom. The van der Waals surface area contributed by atoms with Gasteiger partial charge in [0.15, 0.2) is 11.7 Å². The lowest BCUT2D eigenvalue weighted by Gasteiger charge is -2.05. The quantitative estimate of drug-likeness (QED) is 0.0691. The molecular weight excluding hydrogens is 502 g/mol. The number of unbranched alkanes of at least 4 members (excludes halogenated alkanes) is 18. The van der Waals surface area contributed by atoms with E-state index in [4.69, 9.17) is 10.2 Å². The predicted molar refractivity (Wildman–Crippen MR) is 153 cm³/mol. The molecule has 2 atom stereocenters. The first-order valence-corrected chi connectivity index (χ1v) is 15.5. The summed E-state index contributed by atoms with van der Waals surface area (Å²) < 4.78 is 28.2. The smallest absolute Gasteiger partial charge is 0.279 e. The van der Waals surface area contributed by atoms with Crippen LogP contribution in [-0.4, -0.2) is 47.3 Å². The van der Waals surface area contributed by atoms with Crippen LogP contribution < -0.4 is 10.6 Å². The van der Waals surface area contributed by atoms with Crippen LogP contribution in [-0.2, 0) is 9.59 Å². The molecule has 0 saturated heterocycles. The van der Waals surface area contributed by atoms with Gasteiger partial charge in [0.25, 0.3) is 11.8 Å². The SMILES string of the molecule is O=C(NC1CC1NC(=O)C(F)=CCCCCCCCCCCCO)C(F)=CCCCCCCCCCCCO. The molecule has 226 valence electrons. The fraction of sp³-hybridized carbons (Fsp3) is 0.806. The summed E-state index contributed by atoms with van der Waals surface area (Å²) >= 11 is 0. The van der Waals surface area contributed by atoms with E-state index >= 15 is 0 Å². The van der Waals surface area contributed by atoms with Gasteiger partial charge in [-0.3, -0.25) is 9.59 Å². The first-order valence-electron chi connectivity index (χ1n) is 15.5. The average Bonchev–Trinajstić information content (AvgIpc) is 3.66. The fourth-order valence-electron chi connectivity index (χ4n) is 4.62. The van der Waals surface area contributed by atoms with E-state index in [1.165, 1.54) is 37.8 Å². The number of hydrogen-bond acceptors (Lipinski definition) is 4. The minimum absolute atomic E-state index is 0.271. The monoisotopic (exact) mass is 556 g/mol. The molecule has 1 fully saturated rings. The van der Waals surface area contributed by atoms with Crippen LogP contribution in [0, 0.1) is 0 Å². The van der Waals surface area contributed by atoms with Crippen molar-refractivity contribution in [1.29, 1.82) is 0 Å². The predicted octanol–water partition coefficient (Wildman–Crippen LogP) is 6.85. The lowest BCUT2D eigenvalue weighted by atomic mass is 10.1. The van der Waals surface area contributed by atoms with Crippen molar-refractivity contribution in [2.75, 3.05) is 13.2 Å². The third-order valence-electron chi connectivity index (χ3n) is 7.23. The topological polar surface area (TPSA) is 98.7 Å². The van der Waals surface area contributed by atoms with Gasteiger partial charge < -0.3 is 20.8 Å². The Hall–Kier alpha value is -1.80. The number of amides is 2. The van der Waals surface area contributed by atoms with E-state index < -0.39 is 23.5 Å². The van der Waals surface area contributed by atoms with Gasteiger partial charge in [0.1, 0.15) is 0 Å². The van der Waals surface area contributed by atoms with E-state index in [0.717, 1.165) is 89.9 Å². The molecule has 0 spiro atoms. The third kappa shape index (κ3) is 19.8. The van der Waals surface area contributed by atoms with Crippen molar-refractivity contribution in [3.8, 4) is 0 Å². The molecule has 1 rings (SSSR count). The fourth-order valence-corrected chi connectivity index (χ4v) is 4.62. The van der Waals surface area contributed by atoms with Gasteiger partial charge in [-0.15, -0.1) is 0 Å². The Balaban J connectivity index is 2.05. The van der Waals surface area contributed by atoms with Crippen LogP contribution in [0.3, 0.4) is 0 Å². The van der Waals surface area contributed by atoms with Gasteiger partial charge in [0, 0.05) is 13.2 Å². The van der Waals surface area contributed by atoms with Crippen LogP contribution in [0.5, 0.6) is 0 Å². The maximum atomic E-state index is 14.1. The molecule has 0 heterocycles. The van der Waals surface area contributed by atoms with Crippen LogP contribution >= 0.6 is 0 Å². The zero-order valence-electron chi connectivity index (χ0n) is 24.0. The summed E-state index contributed by atoms with van der Waals surface area (Å²) in [6, 6.07) is -0.733. The summed E-state index contributed by atoms with van der Waals surface area (Å²) in [4.78, 5) is 24.0. The van der Waals surface area contributed by atoms with E-state index in [-0.39, 0.29) is 25.3 Å². The number of halogens is 2. The minimum Gasteiger partial charge on any atom is -0.396 e. The number of nitrogens with one attached hydrogen (secondary N) is 2. The molecule has 6 nitrogen and oxygen atoms in total. The highest BCUT2D eigenvalue weighted by molar-refractivity contribution is 5.93. The molecule has 2 amide bonds. The summed E-state index contributed by atoms with van der Waals surface area (Å²) in [6.45, 7) is 0.542. The van der Waals surface area contributed by atoms with Gasteiger partial charge >= 0.3 is 0 Å². The van der Waals surface area contributed by atoms with Crippen molar-refractivity contribution in [3.05, 3.63) is 23.8 Å². The average molecular weight is 557 g/mol. The van der Waals surface area contributed by atoms with Crippen LogP contribution in [0.1, 0.15) is 135 Å². The van der Waals surface area contributed by atoms with Crippen molar-refractivity contribution >= 4 is 11.8 Å². The molecule has 0 bridgehead atoms. The van der Waals surface area contributed by atoms with Crippen molar-refractivity contribution in [3.63, 3.8) is 0 Å². The Morgan fingerprint density at radius 1 is 0.538 bits per heavy atom.